The highest BCUT2D eigenvalue weighted by Crippen LogP contribution is 2.11. The van der Waals surface area contributed by atoms with Crippen LogP contribution in [0.25, 0.3) is 0 Å². The van der Waals surface area contributed by atoms with Gasteiger partial charge in [-0.15, -0.1) is 0 Å². The topological polar surface area (TPSA) is 191 Å². The molecule has 11 nitrogen and oxygen atoms in total. The van der Waals surface area contributed by atoms with E-state index >= 15 is 0 Å². The summed E-state index contributed by atoms with van der Waals surface area (Å²) in [5, 5.41) is 34.9. The fraction of sp³-hybridized carbons (Fsp3) is 0.778. The summed E-state index contributed by atoms with van der Waals surface area (Å²) in [4.78, 5) is 48.5. The molecule has 0 bridgehead atoms. The van der Waals surface area contributed by atoms with Gasteiger partial charge in [-0.2, -0.15) is 0 Å². The second-order valence-electron chi connectivity index (χ2n) is 7.46. The molecular weight excluding hydrogens is 384 g/mol. The van der Waals surface area contributed by atoms with Gasteiger partial charge in [0.05, 0.1) is 12.7 Å². The van der Waals surface area contributed by atoms with Gasteiger partial charge in [-0.25, -0.2) is 4.79 Å². The van der Waals surface area contributed by atoms with E-state index in [0.29, 0.717) is 6.42 Å². The number of aliphatic carboxylic acids is 1. The second-order valence-corrected chi connectivity index (χ2v) is 7.46. The second kappa shape index (κ2) is 12.3. The fourth-order valence-corrected chi connectivity index (χ4v) is 2.45. The molecule has 168 valence electrons. The van der Waals surface area contributed by atoms with Crippen molar-refractivity contribution in [3.05, 3.63) is 0 Å². The summed E-state index contributed by atoms with van der Waals surface area (Å²) in [5.41, 5.74) is 5.48. The zero-order valence-electron chi connectivity index (χ0n) is 17.5. The third-order valence-corrected chi connectivity index (χ3v) is 4.62. The van der Waals surface area contributed by atoms with Crippen molar-refractivity contribution in [3.63, 3.8) is 0 Å². The van der Waals surface area contributed by atoms with Crippen LogP contribution in [0.15, 0.2) is 0 Å². The van der Waals surface area contributed by atoms with Gasteiger partial charge in [-0.05, 0) is 18.8 Å². The minimum Gasteiger partial charge on any atom is -0.480 e. The fourth-order valence-electron chi connectivity index (χ4n) is 2.45. The summed E-state index contributed by atoms with van der Waals surface area (Å²) in [6.07, 6.45) is -0.805. The molecule has 0 saturated heterocycles. The summed E-state index contributed by atoms with van der Waals surface area (Å²) in [7, 11) is 0. The Kier molecular flexibility index (Phi) is 11.4. The molecule has 29 heavy (non-hydrogen) atoms. The molecule has 11 heteroatoms. The standard InChI is InChI=1S/C18H34N4O7/c1-6-9(4)13(21-15(25)11(19)7-23)17(27)20-12(8(2)3)16(26)22-14(10(5)24)18(28)29/h8-14,23-24H,6-7,19H2,1-5H3,(H,20,27)(H,21,25)(H,22,26)(H,28,29). The smallest absolute Gasteiger partial charge is 0.328 e. The van der Waals surface area contributed by atoms with Crippen LogP contribution in [0.5, 0.6) is 0 Å². The molecule has 0 aromatic carbocycles. The summed E-state index contributed by atoms with van der Waals surface area (Å²) in [6, 6.07) is -4.83. The number of carbonyl (C=O) groups excluding carboxylic acids is 3. The molecule has 0 aromatic heterocycles. The lowest BCUT2D eigenvalue weighted by molar-refractivity contribution is -0.145. The van der Waals surface area contributed by atoms with Crippen molar-refractivity contribution in [1.82, 2.24) is 16.0 Å². The minimum absolute atomic E-state index is 0.301. The van der Waals surface area contributed by atoms with Gasteiger partial charge in [0, 0.05) is 0 Å². The Morgan fingerprint density at radius 2 is 1.31 bits per heavy atom. The van der Waals surface area contributed by atoms with Crippen molar-refractivity contribution in [1.29, 1.82) is 0 Å². The Morgan fingerprint density at radius 3 is 1.69 bits per heavy atom. The van der Waals surface area contributed by atoms with Crippen molar-refractivity contribution in [3.8, 4) is 0 Å². The first-order valence-electron chi connectivity index (χ1n) is 9.55. The molecule has 6 atom stereocenters. The molecule has 3 amide bonds. The molecule has 8 N–H and O–H groups in total. The van der Waals surface area contributed by atoms with Crippen molar-refractivity contribution in [2.75, 3.05) is 6.61 Å². The largest absolute Gasteiger partial charge is 0.480 e. The Morgan fingerprint density at radius 1 is 0.862 bits per heavy atom. The monoisotopic (exact) mass is 418 g/mol. The highest BCUT2D eigenvalue weighted by atomic mass is 16.4. The molecular formula is C18H34N4O7. The van der Waals surface area contributed by atoms with Crippen LogP contribution >= 0.6 is 0 Å². The zero-order valence-corrected chi connectivity index (χ0v) is 17.5. The number of aliphatic hydroxyl groups is 2. The van der Waals surface area contributed by atoms with Crippen molar-refractivity contribution >= 4 is 23.7 Å². The molecule has 0 aliphatic carbocycles. The van der Waals surface area contributed by atoms with E-state index in [0.717, 1.165) is 0 Å². The predicted octanol–water partition coefficient (Wildman–Crippen LogP) is -2.07. The minimum atomic E-state index is -1.53. The number of rotatable bonds is 12. The van der Waals surface area contributed by atoms with E-state index in [1.54, 1.807) is 20.8 Å². The van der Waals surface area contributed by atoms with Gasteiger partial charge in [0.25, 0.3) is 0 Å². The van der Waals surface area contributed by atoms with Crippen LogP contribution in [0.1, 0.15) is 41.0 Å². The normalized spacial score (nSPS) is 17.4. The van der Waals surface area contributed by atoms with Crippen LogP contribution in [0.2, 0.25) is 0 Å². The molecule has 6 unspecified atom stereocenters. The number of carboxylic acids is 1. The highest BCUT2D eigenvalue weighted by molar-refractivity contribution is 5.94. The first-order valence-corrected chi connectivity index (χ1v) is 9.55. The van der Waals surface area contributed by atoms with Gasteiger partial charge in [-0.3, -0.25) is 14.4 Å². The molecule has 0 heterocycles. The lowest BCUT2D eigenvalue weighted by atomic mass is 9.96. The first kappa shape index (κ1) is 26.8. The van der Waals surface area contributed by atoms with Gasteiger partial charge in [0.15, 0.2) is 6.04 Å². The summed E-state index contributed by atoms with van der Waals surface area (Å²) < 4.78 is 0. The SMILES string of the molecule is CCC(C)C(NC(=O)C(N)CO)C(=O)NC(C(=O)NC(C(=O)O)C(C)O)C(C)C. The quantitative estimate of drug-likeness (QED) is 0.188. The van der Waals surface area contributed by atoms with E-state index in [1.807, 2.05) is 6.92 Å². The average molecular weight is 418 g/mol. The molecule has 0 aliphatic heterocycles. The third-order valence-electron chi connectivity index (χ3n) is 4.62. The summed E-state index contributed by atoms with van der Waals surface area (Å²) >= 11 is 0. The zero-order chi connectivity index (χ0) is 22.9. The number of hydrogen-bond donors (Lipinski definition) is 7. The van der Waals surface area contributed by atoms with E-state index < -0.39 is 66.5 Å². The highest BCUT2D eigenvalue weighted by Gasteiger charge is 2.34. The van der Waals surface area contributed by atoms with E-state index in [2.05, 4.69) is 16.0 Å². The van der Waals surface area contributed by atoms with Crippen LogP contribution in [0.3, 0.4) is 0 Å². The molecule has 0 aromatic rings. The maximum Gasteiger partial charge on any atom is 0.328 e. The van der Waals surface area contributed by atoms with E-state index in [-0.39, 0.29) is 5.92 Å². The number of carboxylic acid groups (broad SMARTS) is 1. The molecule has 0 aliphatic rings. The lowest BCUT2D eigenvalue weighted by Crippen LogP contribution is -2.60. The van der Waals surface area contributed by atoms with Gasteiger partial charge < -0.3 is 37.0 Å². The Bertz CT molecular complexity index is 583. The van der Waals surface area contributed by atoms with E-state index in [1.165, 1.54) is 6.92 Å². The van der Waals surface area contributed by atoms with E-state index in [4.69, 9.17) is 15.9 Å². The number of amides is 3. The van der Waals surface area contributed by atoms with Crippen molar-refractivity contribution in [2.45, 2.75) is 71.3 Å². The van der Waals surface area contributed by atoms with Crippen LogP contribution in [0.4, 0.5) is 0 Å². The summed E-state index contributed by atoms with van der Waals surface area (Å²) in [5.74, 6) is -4.25. The predicted molar refractivity (Wildman–Crippen MR) is 104 cm³/mol. The van der Waals surface area contributed by atoms with Crippen molar-refractivity contribution in [2.24, 2.45) is 17.6 Å². The lowest BCUT2D eigenvalue weighted by Gasteiger charge is -2.29. The molecule has 0 saturated carbocycles. The molecule has 0 spiro atoms. The number of nitrogens with one attached hydrogen (secondary N) is 3. The summed E-state index contributed by atoms with van der Waals surface area (Å²) in [6.45, 7) is 7.49. The number of aliphatic hydroxyl groups excluding tert-OH is 2. The maximum atomic E-state index is 12.8. The molecule has 0 rings (SSSR count). The molecule has 0 radical (unpaired) electrons. The Labute approximate surface area is 170 Å². The van der Waals surface area contributed by atoms with Crippen LogP contribution in [0, 0.1) is 11.8 Å². The third kappa shape index (κ3) is 8.34. The van der Waals surface area contributed by atoms with Gasteiger partial charge in [0.1, 0.15) is 18.1 Å². The van der Waals surface area contributed by atoms with Crippen LogP contribution < -0.4 is 21.7 Å². The number of nitrogens with two attached hydrogens (primary N) is 1. The Balaban J connectivity index is 5.44. The first-order chi connectivity index (χ1) is 13.4. The van der Waals surface area contributed by atoms with Crippen LogP contribution in [-0.4, -0.2) is 75.9 Å². The molecule has 0 fully saturated rings. The van der Waals surface area contributed by atoms with Crippen molar-refractivity contribution < 1.29 is 34.5 Å². The number of hydrogen-bond acceptors (Lipinski definition) is 7. The van der Waals surface area contributed by atoms with Gasteiger partial charge in [0.2, 0.25) is 17.7 Å². The maximum absolute atomic E-state index is 12.8. The number of carbonyl (C=O) groups is 4. The van der Waals surface area contributed by atoms with E-state index in [9.17, 15) is 24.3 Å². The van der Waals surface area contributed by atoms with Gasteiger partial charge >= 0.3 is 5.97 Å². The average Bonchev–Trinajstić information content (AvgIpc) is 2.65. The Hall–Kier alpha value is -2.24. The van der Waals surface area contributed by atoms with Crippen LogP contribution in [-0.2, 0) is 19.2 Å². The van der Waals surface area contributed by atoms with Gasteiger partial charge in [-0.1, -0.05) is 34.1 Å².